The molecule has 4 nitrogen and oxygen atoms in total. The molecule has 1 fully saturated rings. The number of carbonyl (C=O) groups is 2. The van der Waals surface area contributed by atoms with Gasteiger partial charge in [0.25, 0.3) is 0 Å². The molecule has 10 heteroatoms. The number of hydrogen-bond acceptors (Lipinski definition) is 4. The lowest BCUT2D eigenvalue weighted by Crippen LogP contribution is -2.36. The Bertz CT molecular complexity index is 479. The van der Waals surface area contributed by atoms with Gasteiger partial charge >= 0.3 is 24.3 Å². The Hall–Kier alpha value is -2.00. The van der Waals surface area contributed by atoms with Gasteiger partial charge in [-0.25, -0.2) is 0 Å². The fourth-order valence-electron chi connectivity index (χ4n) is 2.77. The molecule has 0 spiro atoms. The lowest BCUT2D eigenvalue weighted by molar-refractivity contribution is -0.196. The first-order valence-corrected chi connectivity index (χ1v) is 7.11. The normalized spacial score (nSPS) is 26.8. The van der Waals surface area contributed by atoms with Gasteiger partial charge < -0.3 is 9.47 Å². The third-order valence-electron chi connectivity index (χ3n) is 3.76. The van der Waals surface area contributed by atoms with E-state index in [-0.39, 0.29) is 6.42 Å². The standard InChI is InChI=1S/C15H16F6O4/c1-3-8-5-9(4-2)11(13(23)25-7-15(19,20)21)10(8)12(22)24-6-14(16,17)18/h3-4,8-11H,1-2,5-7H2. The molecule has 0 N–H and O–H groups in total. The predicted molar refractivity (Wildman–Crippen MR) is 73.0 cm³/mol. The smallest absolute Gasteiger partial charge is 0.422 e. The van der Waals surface area contributed by atoms with E-state index < -0.39 is 61.2 Å². The zero-order valence-corrected chi connectivity index (χ0v) is 12.9. The molecule has 0 radical (unpaired) electrons. The van der Waals surface area contributed by atoms with Crippen LogP contribution < -0.4 is 0 Å². The molecule has 1 saturated carbocycles. The van der Waals surface area contributed by atoms with Crippen molar-refractivity contribution >= 4 is 11.9 Å². The number of rotatable bonds is 6. The van der Waals surface area contributed by atoms with E-state index in [1.807, 2.05) is 0 Å². The van der Waals surface area contributed by atoms with Crippen LogP contribution in [0.15, 0.2) is 25.3 Å². The lowest BCUT2D eigenvalue weighted by atomic mass is 9.87. The predicted octanol–water partition coefficient (Wildman–Crippen LogP) is 3.44. The molecule has 0 aromatic rings. The third kappa shape index (κ3) is 6.09. The molecule has 0 aliphatic heterocycles. The Morgan fingerprint density at radius 2 is 1.16 bits per heavy atom. The largest absolute Gasteiger partial charge is 0.456 e. The molecule has 0 amide bonds. The van der Waals surface area contributed by atoms with Crippen molar-refractivity contribution in [2.24, 2.45) is 23.7 Å². The third-order valence-corrected chi connectivity index (χ3v) is 3.76. The van der Waals surface area contributed by atoms with E-state index in [1.165, 1.54) is 12.2 Å². The Balaban J connectivity index is 2.97. The number of hydrogen-bond donors (Lipinski definition) is 0. The second kappa shape index (κ2) is 7.92. The van der Waals surface area contributed by atoms with Crippen LogP contribution in [-0.2, 0) is 19.1 Å². The Morgan fingerprint density at radius 3 is 1.40 bits per heavy atom. The highest BCUT2D eigenvalue weighted by Crippen LogP contribution is 2.44. The lowest BCUT2D eigenvalue weighted by Gasteiger charge is -2.23. The van der Waals surface area contributed by atoms with Crippen LogP contribution >= 0.6 is 0 Å². The summed E-state index contributed by atoms with van der Waals surface area (Å²) in [5.74, 6) is -7.06. The SMILES string of the molecule is C=CC1CC(C=C)C(C(=O)OCC(F)(F)F)C1C(=O)OCC(F)(F)F. The maximum atomic E-state index is 12.2. The summed E-state index contributed by atoms with van der Waals surface area (Å²) in [5.41, 5.74) is 0. The monoisotopic (exact) mass is 374 g/mol. The number of alkyl halides is 6. The van der Waals surface area contributed by atoms with Crippen LogP contribution in [0.5, 0.6) is 0 Å². The minimum atomic E-state index is -4.78. The highest BCUT2D eigenvalue weighted by Gasteiger charge is 2.51. The van der Waals surface area contributed by atoms with Crippen molar-refractivity contribution in [3.05, 3.63) is 25.3 Å². The van der Waals surface area contributed by atoms with Crippen molar-refractivity contribution in [1.29, 1.82) is 0 Å². The zero-order chi connectivity index (χ0) is 19.4. The van der Waals surface area contributed by atoms with E-state index in [1.54, 1.807) is 0 Å². The summed E-state index contributed by atoms with van der Waals surface area (Å²) in [4.78, 5) is 24.0. The van der Waals surface area contributed by atoms with Gasteiger partial charge in [-0.1, -0.05) is 12.2 Å². The van der Waals surface area contributed by atoms with Gasteiger partial charge in [0.05, 0.1) is 11.8 Å². The summed E-state index contributed by atoms with van der Waals surface area (Å²) < 4.78 is 81.5. The molecule has 25 heavy (non-hydrogen) atoms. The molecule has 142 valence electrons. The highest BCUT2D eigenvalue weighted by molar-refractivity contribution is 5.84. The molecule has 0 aromatic carbocycles. The fraction of sp³-hybridized carbons (Fsp3) is 0.600. The molecule has 1 aliphatic carbocycles. The Kier molecular flexibility index (Phi) is 6.67. The molecule has 0 bridgehead atoms. The second-order valence-corrected chi connectivity index (χ2v) is 5.53. The molecule has 0 heterocycles. The number of halogens is 6. The molecule has 1 rings (SSSR count). The number of allylic oxidation sites excluding steroid dienone is 2. The van der Waals surface area contributed by atoms with Gasteiger partial charge in [-0.15, -0.1) is 13.2 Å². The van der Waals surface area contributed by atoms with Crippen molar-refractivity contribution < 1.29 is 45.4 Å². The number of ether oxygens (including phenoxy) is 2. The van der Waals surface area contributed by atoms with Crippen molar-refractivity contribution in [2.75, 3.05) is 13.2 Å². The van der Waals surface area contributed by atoms with E-state index in [4.69, 9.17) is 0 Å². The summed E-state index contributed by atoms with van der Waals surface area (Å²) in [7, 11) is 0. The van der Waals surface area contributed by atoms with Gasteiger partial charge in [-0.2, -0.15) is 26.3 Å². The fourth-order valence-corrected chi connectivity index (χ4v) is 2.77. The van der Waals surface area contributed by atoms with E-state index in [9.17, 15) is 35.9 Å². The maximum absolute atomic E-state index is 12.2. The summed E-state index contributed by atoms with van der Waals surface area (Å²) in [6, 6.07) is 0. The van der Waals surface area contributed by atoms with Crippen LogP contribution in [-0.4, -0.2) is 37.5 Å². The van der Waals surface area contributed by atoms with Gasteiger partial charge in [0.2, 0.25) is 0 Å². The first kappa shape index (κ1) is 21.0. The minimum Gasteiger partial charge on any atom is -0.456 e. The molecule has 4 atom stereocenters. The van der Waals surface area contributed by atoms with E-state index in [0.29, 0.717) is 0 Å². The van der Waals surface area contributed by atoms with Crippen LogP contribution in [0.2, 0.25) is 0 Å². The number of esters is 2. The first-order chi connectivity index (χ1) is 11.4. The maximum Gasteiger partial charge on any atom is 0.422 e. The second-order valence-electron chi connectivity index (χ2n) is 5.53. The van der Waals surface area contributed by atoms with Crippen molar-refractivity contribution in [2.45, 2.75) is 18.8 Å². The number of carbonyl (C=O) groups excluding carboxylic acids is 2. The molecular weight excluding hydrogens is 358 g/mol. The van der Waals surface area contributed by atoms with Crippen molar-refractivity contribution in [3.8, 4) is 0 Å². The molecule has 1 aliphatic rings. The van der Waals surface area contributed by atoms with Gasteiger partial charge in [0.1, 0.15) is 0 Å². The minimum absolute atomic E-state index is 0.102. The van der Waals surface area contributed by atoms with E-state index in [0.717, 1.165) is 0 Å². The molecule has 4 unspecified atom stereocenters. The Morgan fingerprint density at radius 1 is 0.840 bits per heavy atom. The average molecular weight is 374 g/mol. The highest BCUT2D eigenvalue weighted by atomic mass is 19.4. The summed E-state index contributed by atoms with van der Waals surface area (Å²) in [6.07, 6.45) is -6.96. The van der Waals surface area contributed by atoms with Crippen molar-refractivity contribution in [3.63, 3.8) is 0 Å². The Labute approximate surface area is 139 Å². The van der Waals surface area contributed by atoms with Gasteiger partial charge in [-0.05, 0) is 18.3 Å². The first-order valence-electron chi connectivity index (χ1n) is 7.11. The van der Waals surface area contributed by atoms with Crippen LogP contribution in [0.3, 0.4) is 0 Å². The topological polar surface area (TPSA) is 52.6 Å². The zero-order valence-electron chi connectivity index (χ0n) is 12.9. The van der Waals surface area contributed by atoms with Gasteiger partial charge in [0.15, 0.2) is 13.2 Å². The molecular formula is C15H16F6O4. The van der Waals surface area contributed by atoms with E-state index in [2.05, 4.69) is 22.6 Å². The van der Waals surface area contributed by atoms with Crippen molar-refractivity contribution in [1.82, 2.24) is 0 Å². The average Bonchev–Trinajstić information content (AvgIpc) is 2.87. The quantitative estimate of drug-likeness (QED) is 0.406. The van der Waals surface area contributed by atoms with Crippen LogP contribution in [0.25, 0.3) is 0 Å². The van der Waals surface area contributed by atoms with Crippen LogP contribution in [0.1, 0.15) is 6.42 Å². The summed E-state index contributed by atoms with van der Waals surface area (Å²) in [5, 5.41) is 0. The van der Waals surface area contributed by atoms with Gasteiger partial charge in [0, 0.05) is 0 Å². The van der Waals surface area contributed by atoms with Crippen LogP contribution in [0.4, 0.5) is 26.3 Å². The van der Waals surface area contributed by atoms with E-state index >= 15 is 0 Å². The van der Waals surface area contributed by atoms with Gasteiger partial charge in [-0.3, -0.25) is 9.59 Å². The molecule has 0 saturated heterocycles. The summed E-state index contributed by atoms with van der Waals surface area (Å²) >= 11 is 0. The van der Waals surface area contributed by atoms with Crippen LogP contribution in [0, 0.1) is 23.7 Å². The molecule has 0 aromatic heterocycles. The summed E-state index contributed by atoms with van der Waals surface area (Å²) in [6.45, 7) is 3.14.